The largest absolute Gasteiger partial charge is 0.459 e. The molecule has 0 unspecified atom stereocenters. The summed E-state index contributed by atoms with van der Waals surface area (Å²) < 4.78 is 7.18. The van der Waals surface area contributed by atoms with E-state index in [4.69, 9.17) is 4.42 Å². The molecule has 0 N–H and O–H groups in total. The normalized spacial score (nSPS) is 13.5. The van der Waals surface area contributed by atoms with E-state index in [0.717, 1.165) is 18.5 Å². The summed E-state index contributed by atoms with van der Waals surface area (Å²) in [6.45, 7) is 4.56. The van der Waals surface area contributed by atoms with Gasteiger partial charge < -0.3 is 18.8 Å². The van der Waals surface area contributed by atoms with Gasteiger partial charge in [-0.2, -0.15) is 0 Å². The number of aromatic nitrogens is 1. The van der Waals surface area contributed by atoms with Crippen molar-refractivity contribution < 1.29 is 14.0 Å². The molecule has 3 rings (SSSR count). The number of hydrogen-bond acceptors (Lipinski definition) is 3. The first-order chi connectivity index (χ1) is 12.1. The lowest BCUT2D eigenvalue weighted by Gasteiger charge is -2.27. The number of hydrogen-bond donors (Lipinski definition) is 0. The maximum absolute atomic E-state index is 12.9. The number of carbonyl (C=O) groups is 2. The minimum Gasteiger partial charge on any atom is -0.459 e. The number of furan rings is 1. The first-order valence-corrected chi connectivity index (χ1v) is 8.43. The van der Waals surface area contributed by atoms with E-state index in [-0.39, 0.29) is 30.2 Å². The molecular formula is C19H23N3O3. The van der Waals surface area contributed by atoms with Gasteiger partial charge in [-0.25, -0.2) is 0 Å². The average Bonchev–Trinajstić information content (AvgIpc) is 3.12. The topological polar surface area (TPSA) is 58.7 Å². The lowest BCUT2D eigenvalue weighted by molar-refractivity contribution is -0.133. The van der Waals surface area contributed by atoms with Gasteiger partial charge in [0.15, 0.2) is 5.76 Å². The van der Waals surface area contributed by atoms with Crippen molar-refractivity contribution in [3.8, 4) is 0 Å². The Balaban J connectivity index is 1.71. The quantitative estimate of drug-likeness (QED) is 0.693. The Morgan fingerprint density at radius 3 is 2.72 bits per heavy atom. The van der Waals surface area contributed by atoms with Crippen LogP contribution in [0.3, 0.4) is 0 Å². The van der Waals surface area contributed by atoms with Crippen molar-refractivity contribution in [1.82, 2.24) is 14.4 Å². The molecule has 0 spiro atoms. The molecule has 6 nitrogen and oxygen atoms in total. The Morgan fingerprint density at radius 2 is 2.16 bits per heavy atom. The van der Waals surface area contributed by atoms with Crippen LogP contribution in [0.15, 0.2) is 53.8 Å². The zero-order valence-corrected chi connectivity index (χ0v) is 14.4. The molecule has 2 heterocycles. The third-order valence-electron chi connectivity index (χ3n) is 4.39. The van der Waals surface area contributed by atoms with Crippen molar-refractivity contribution in [3.05, 3.63) is 60.8 Å². The molecular weight excluding hydrogens is 318 g/mol. The summed E-state index contributed by atoms with van der Waals surface area (Å²) in [5.74, 6) is -0.117. The Labute approximate surface area is 147 Å². The number of amides is 2. The van der Waals surface area contributed by atoms with Crippen LogP contribution >= 0.6 is 0 Å². The highest BCUT2D eigenvalue weighted by atomic mass is 16.3. The van der Waals surface area contributed by atoms with Gasteiger partial charge in [0.1, 0.15) is 6.54 Å². The van der Waals surface area contributed by atoms with Crippen LogP contribution in [0.1, 0.15) is 29.1 Å². The van der Waals surface area contributed by atoms with E-state index in [1.165, 1.54) is 11.2 Å². The SMILES string of the molecule is C=CCN(CC(=O)N(Cc1cccn1C)C1CC1)C(=O)c1ccco1. The first kappa shape index (κ1) is 17.1. The fourth-order valence-corrected chi connectivity index (χ4v) is 2.83. The minimum absolute atomic E-state index is 0.0203. The predicted octanol–water partition coefficient (Wildman–Crippen LogP) is 2.44. The van der Waals surface area contributed by atoms with Crippen molar-refractivity contribution in [2.75, 3.05) is 13.1 Å². The second kappa shape index (κ2) is 7.42. The van der Waals surface area contributed by atoms with Gasteiger partial charge in [0, 0.05) is 31.5 Å². The van der Waals surface area contributed by atoms with Gasteiger partial charge in [0.25, 0.3) is 5.91 Å². The summed E-state index contributed by atoms with van der Waals surface area (Å²) >= 11 is 0. The van der Waals surface area contributed by atoms with E-state index >= 15 is 0 Å². The molecule has 1 aliphatic carbocycles. The Kier molecular flexibility index (Phi) is 5.07. The van der Waals surface area contributed by atoms with Crippen molar-refractivity contribution in [2.24, 2.45) is 7.05 Å². The van der Waals surface area contributed by atoms with Crippen LogP contribution in [0.25, 0.3) is 0 Å². The summed E-state index contributed by atoms with van der Waals surface area (Å²) in [5.41, 5.74) is 1.08. The molecule has 0 aliphatic heterocycles. The van der Waals surface area contributed by atoms with Gasteiger partial charge in [-0.05, 0) is 37.1 Å². The molecule has 0 saturated heterocycles. The third kappa shape index (κ3) is 4.02. The highest BCUT2D eigenvalue weighted by Crippen LogP contribution is 2.28. The number of aryl methyl sites for hydroxylation is 1. The molecule has 2 aromatic heterocycles. The smallest absolute Gasteiger partial charge is 0.290 e. The van der Waals surface area contributed by atoms with Gasteiger partial charge in [-0.15, -0.1) is 6.58 Å². The predicted molar refractivity (Wildman–Crippen MR) is 93.8 cm³/mol. The molecule has 0 radical (unpaired) electrons. The van der Waals surface area contributed by atoms with E-state index in [1.807, 2.05) is 34.8 Å². The molecule has 1 aliphatic rings. The summed E-state index contributed by atoms with van der Waals surface area (Å²) in [7, 11) is 1.97. The zero-order chi connectivity index (χ0) is 17.8. The van der Waals surface area contributed by atoms with Gasteiger partial charge in [0.05, 0.1) is 12.8 Å². The van der Waals surface area contributed by atoms with Crippen LogP contribution in [0.4, 0.5) is 0 Å². The van der Waals surface area contributed by atoms with Crippen molar-refractivity contribution in [3.63, 3.8) is 0 Å². The standard InChI is InChI=1S/C19H23N3O3/c1-3-10-21(19(24)17-7-5-12-25-17)14-18(23)22(15-8-9-15)13-16-6-4-11-20(16)2/h3-7,11-12,15H,1,8-10,13-14H2,2H3. The molecule has 1 fully saturated rings. The van der Waals surface area contributed by atoms with Crippen LogP contribution in [0.2, 0.25) is 0 Å². The Morgan fingerprint density at radius 1 is 1.36 bits per heavy atom. The van der Waals surface area contributed by atoms with Crippen molar-refractivity contribution in [2.45, 2.75) is 25.4 Å². The summed E-state index contributed by atoms with van der Waals surface area (Å²) in [5, 5.41) is 0. The van der Waals surface area contributed by atoms with E-state index in [0.29, 0.717) is 13.1 Å². The van der Waals surface area contributed by atoms with E-state index in [1.54, 1.807) is 18.2 Å². The second-order valence-corrected chi connectivity index (χ2v) is 6.31. The van der Waals surface area contributed by atoms with E-state index < -0.39 is 0 Å². The van der Waals surface area contributed by atoms with Crippen LogP contribution in [0.5, 0.6) is 0 Å². The fourth-order valence-electron chi connectivity index (χ4n) is 2.83. The molecule has 6 heteroatoms. The lowest BCUT2D eigenvalue weighted by Crippen LogP contribution is -2.43. The molecule has 2 aromatic rings. The van der Waals surface area contributed by atoms with Crippen LogP contribution in [-0.2, 0) is 18.4 Å². The molecule has 25 heavy (non-hydrogen) atoms. The lowest BCUT2D eigenvalue weighted by atomic mass is 10.3. The minimum atomic E-state index is -0.298. The van der Waals surface area contributed by atoms with Crippen molar-refractivity contribution in [1.29, 1.82) is 0 Å². The van der Waals surface area contributed by atoms with Crippen LogP contribution < -0.4 is 0 Å². The maximum atomic E-state index is 12.9. The Hall–Kier alpha value is -2.76. The number of rotatable bonds is 8. The van der Waals surface area contributed by atoms with Gasteiger partial charge in [-0.3, -0.25) is 9.59 Å². The average molecular weight is 341 g/mol. The highest BCUT2D eigenvalue weighted by molar-refractivity contribution is 5.94. The summed E-state index contributed by atoms with van der Waals surface area (Å²) in [6, 6.07) is 7.51. The van der Waals surface area contributed by atoms with Gasteiger partial charge >= 0.3 is 0 Å². The number of nitrogens with zero attached hydrogens (tertiary/aromatic N) is 3. The number of carbonyl (C=O) groups excluding carboxylic acids is 2. The summed E-state index contributed by atoms with van der Waals surface area (Å²) in [4.78, 5) is 28.7. The molecule has 0 aromatic carbocycles. The summed E-state index contributed by atoms with van der Waals surface area (Å²) in [6.07, 6.45) is 7.07. The molecule has 132 valence electrons. The zero-order valence-electron chi connectivity index (χ0n) is 14.4. The van der Waals surface area contributed by atoms with Gasteiger partial charge in [0.2, 0.25) is 5.91 Å². The van der Waals surface area contributed by atoms with Gasteiger partial charge in [-0.1, -0.05) is 6.08 Å². The first-order valence-electron chi connectivity index (χ1n) is 8.43. The molecule has 0 atom stereocenters. The fraction of sp³-hybridized carbons (Fsp3) is 0.368. The van der Waals surface area contributed by atoms with Crippen molar-refractivity contribution >= 4 is 11.8 Å². The van der Waals surface area contributed by atoms with Crippen LogP contribution in [-0.4, -0.2) is 45.3 Å². The Bertz CT molecular complexity index is 744. The third-order valence-corrected chi connectivity index (χ3v) is 4.39. The molecule has 0 bridgehead atoms. The maximum Gasteiger partial charge on any atom is 0.290 e. The monoisotopic (exact) mass is 341 g/mol. The molecule has 2 amide bonds. The highest BCUT2D eigenvalue weighted by Gasteiger charge is 2.34. The van der Waals surface area contributed by atoms with Crippen LogP contribution in [0, 0.1) is 0 Å². The van der Waals surface area contributed by atoms with E-state index in [9.17, 15) is 9.59 Å². The second-order valence-electron chi connectivity index (χ2n) is 6.31. The van der Waals surface area contributed by atoms with E-state index in [2.05, 4.69) is 6.58 Å². The molecule has 1 saturated carbocycles.